The van der Waals surface area contributed by atoms with E-state index in [4.69, 9.17) is 11.6 Å². The normalized spacial score (nSPS) is 11.3. The van der Waals surface area contributed by atoms with Crippen molar-refractivity contribution in [1.29, 1.82) is 0 Å². The van der Waals surface area contributed by atoms with Gasteiger partial charge in [0.25, 0.3) is 0 Å². The van der Waals surface area contributed by atoms with Gasteiger partial charge in [-0.2, -0.15) is 0 Å². The molecule has 1 atom stereocenters. The van der Waals surface area contributed by atoms with Gasteiger partial charge >= 0.3 is 0 Å². The molecular weight excluding hydrogens is 368 g/mol. The molecule has 0 saturated heterocycles. The van der Waals surface area contributed by atoms with Crippen LogP contribution in [0, 0.1) is 0 Å². The summed E-state index contributed by atoms with van der Waals surface area (Å²) in [6.45, 7) is 7.38. The lowest BCUT2D eigenvalue weighted by Gasteiger charge is -2.22. The summed E-state index contributed by atoms with van der Waals surface area (Å²) in [7, 11) is 3.95. The molecule has 4 N–H and O–H groups in total. The summed E-state index contributed by atoms with van der Waals surface area (Å²) < 4.78 is 0. The highest BCUT2D eigenvalue weighted by Crippen LogP contribution is 2.34. The molecule has 0 aliphatic rings. The molecule has 0 amide bonds. The van der Waals surface area contributed by atoms with E-state index >= 15 is 0 Å². The van der Waals surface area contributed by atoms with E-state index in [2.05, 4.69) is 93.4 Å². The average Bonchev–Trinajstić information content (AvgIpc) is 2.76. The Kier molecular flexibility index (Phi) is 8.75. The Morgan fingerprint density at radius 2 is 1.03 bits per heavy atom. The predicted octanol–water partition coefficient (Wildman–Crippen LogP) is 5.63. The number of nitrogen functional groups attached to an aromatic ring is 1. The molecule has 160 valence electrons. The molecule has 0 aromatic heterocycles. The van der Waals surface area contributed by atoms with Crippen LogP contribution in [0.3, 0.4) is 0 Å². The van der Waals surface area contributed by atoms with Crippen LogP contribution in [0.25, 0.3) is 0 Å². The molecule has 0 spiro atoms. The van der Waals surface area contributed by atoms with E-state index < -0.39 is 0 Å². The Morgan fingerprint density at radius 1 is 0.667 bits per heavy atom. The summed E-state index contributed by atoms with van der Waals surface area (Å²) >= 11 is 0. The molecule has 0 bridgehead atoms. The van der Waals surface area contributed by atoms with E-state index in [0.717, 1.165) is 17.9 Å². The van der Waals surface area contributed by atoms with Crippen LogP contribution in [-0.4, -0.2) is 20.6 Å². The number of nitrogens with two attached hydrogens (primary N) is 2. The number of anilines is 3. The first kappa shape index (κ1) is 23.3. The minimum atomic E-state index is 0.142. The summed E-state index contributed by atoms with van der Waals surface area (Å²) in [5, 5.41) is 1.62. The Hall–Kier alpha value is -2.98. The third-order valence-corrected chi connectivity index (χ3v) is 5.05. The van der Waals surface area contributed by atoms with E-state index in [1.54, 1.807) is 5.01 Å². The van der Waals surface area contributed by atoms with Crippen molar-refractivity contribution in [3.05, 3.63) is 89.5 Å². The zero-order valence-electron chi connectivity index (χ0n) is 19.0. The van der Waals surface area contributed by atoms with Gasteiger partial charge in [0, 0.05) is 37.9 Å². The first-order valence-corrected chi connectivity index (χ1v) is 10.7. The molecule has 0 heterocycles. The number of hydrazine groups is 1. The fraction of sp³-hybridized carbons (Fsp3) is 0.308. The van der Waals surface area contributed by atoms with Gasteiger partial charge < -0.3 is 15.6 Å². The molecule has 0 saturated carbocycles. The second kappa shape index (κ2) is 11.3. The summed E-state index contributed by atoms with van der Waals surface area (Å²) in [6.07, 6.45) is 1.25. The first-order valence-electron chi connectivity index (χ1n) is 10.7. The zero-order chi connectivity index (χ0) is 22.1. The van der Waals surface area contributed by atoms with Gasteiger partial charge in [0.1, 0.15) is 0 Å². The van der Waals surface area contributed by atoms with Crippen LogP contribution < -0.4 is 21.5 Å². The first-order chi connectivity index (χ1) is 14.4. The highest BCUT2D eigenvalue weighted by molar-refractivity contribution is 5.54. The van der Waals surface area contributed by atoms with Crippen molar-refractivity contribution in [2.24, 2.45) is 5.84 Å². The van der Waals surface area contributed by atoms with Crippen LogP contribution in [0.5, 0.6) is 0 Å². The maximum atomic E-state index is 5.90. The van der Waals surface area contributed by atoms with Crippen LogP contribution in [0.1, 0.15) is 49.8 Å². The molecule has 3 aromatic rings. The zero-order valence-corrected chi connectivity index (χ0v) is 19.0. The van der Waals surface area contributed by atoms with Crippen molar-refractivity contribution < 1.29 is 0 Å². The molecule has 0 aliphatic heterocycles. The van der Waals surface area contributed by atoms with Gasteiger partial charge in [-0.15, -0.1) is 0 Å². The smallest absolute Gasteiger partial charge is 0.0514 e. The van der Waals surface area contributed by atoms with Crippen LogP contribution in [-0.2, 0) is 0 Å². The van der Waals surface area contributed by atoms with Crippen molar-refractivity contribution in [2.45, 2.75) is 33.1 Å². The Labute approximate surface area is 182 Å². The molecular formula is C26H36N4. The van der Waals surface area contributed by atoms with E-state index in [-0.39, 0.29) is 5.92 Å². The molecule has 0 aliphatic carbocycles. The predicted molar refractivity (Wildman–Crippen MR) is 132 cm³/mol. The van der Waals surface area contributed by atoms with Gasteiger partial charge in [-0.25, -0.2) is 5.84 Å². The average molecular weight is 405 g/mol. The van der Waals surface area contributed by atoms with Crippen LogP contribution in [0.15, 0.2) is 72.8 Å². The van der Waals surface area contributed by atoms with Gasteiger partial charge in [0.15, 0.2) is 0 Å². The van der Waals surface area contributed by atoms with Gasteiger partial charge in [0.05, 0.1) is 5.69 Å². The lowest BCUT2D eigenvalue weighted by molar-refractivity contribution is 0.952. The van der Waals surface area contributed by atoms with Crippen molar-refractivity contribution in [3.63, 3.8) is 0 Å². The minimum absolute atomic E-state index is 0.142. The fourth-order valence-corrected chi connectivity index (χ4v) is 3.27. The molecule has 4 nitrogen and oxygen atoms in total. The quantitative estimate of drug-likeness (QED) is 0.242. The van der Waals surface area contributed by atoms with Crippen LogP contribution in [0.4, 0.5) is 17.1 Å². The third kappa shape index (κ3) is 6.01. The summed E-state index contributed by atoms with van der Waals surface area (Å²) in [6, 6.07) is 25.3. The van der Waals surface area contributed by atoms with E-state index in [1.165, 1.54) is 28.8 Å². The third-order valence-electron chi connectivity index (χ3n) is 5.05. The van der Waals surface area contributed by atoms with Gasteiger partial charge in [0.2, 0.25) is 0 Å². The van der Waals surface area contributed by atoms with Gasteiger partial charge in [-0.05, 0) is 60.0 Å². The van der Waals surface area contributed by atoms with E-state index in [9.17, 15) is 0 Å². The fourth-order valence-electron chi connectivity index (χ4n) is 3.27. The minimum Gasteiger partial charge on any atom is -0.399 e. The maximum Gasteiger partial charge on any atom is 0.0514 e. The van der Waals surface area contributed by atoms with Gasteiger partial charge in [-0.1, -0.05) is 56.7 Å². The highest BCUT2D eigenvalue weighted by atomic mass is 15.4. The van der Waals surface area contributed by atoms with Crippen molar-refractivity contribution >= 4 is 17.1 Å². The molecule has 0 fully saturated rings. The maximum absolute atomic E-state index is 5.90. The van der Waals surface area contributed by atoms with Crippen molar-refractivity contribution in [1.82, 2.24) is 0 Å². The van der Waals surface area contributed by atoms with Crippen LogP contribution in [0.2, 0.25) is 0 Å². The number of benzene rings is 3. The Bertz CT molecular complexity index is 868. The second-order valence-corrected chi connectivity index (χ2v) is 7.61. The van der Waals surface area contributed by atoms with E-state index in [0.29, 0.717) is 0 Å². The number of hydrogen-bond acceptors (Lipinski definition) is 4. The molecule has 1 unspecified atom stereocenters. The molecule has 3 rings (SSSR count). The Morgan fingerprint density at radius 3 is 1.40 bits per heavy atom. The monoisotopic (exact) mass is 404 g/mol. The van der Waals surface area contributed by atoms with Crippen molar-refractivity contribution in [3.8, 4) is 0 Å². The Balaban J connectivity index is 0.00000101. The summed E-state index contributed by atoms with van der Waals surface area (Å²) in [4.78, 5) is 2.23. The molecule has 3 aromatic carbocycles. The number of rotatable bonds is 6. The second-order valence-electron chi connectivity index (χ2n) is 7.61. The van der Waals surface area contributed by atoms with Crippen molar-refractivity contribution in [2.75, 3.05) is 36.3 Å². The standard InChI is InChI=1S/C23H28N4.C3H8/c1-4-26(2)21-13-7-18(8-14-21)23(17-5-11-20(24)12-6-17)19-9-15-22(16-10-19)27(3)25;1-3-2/h5-16,23H,4,24-25H2,1-3H3;3H2,1-2H3. The molecule has 30 heavy (non-hydrogen) atoms. The van der Waals surface area contributed by atoms with E-state index in [1.807, 2.05) is 19.2 Å². The number of hydrogen-bond donors (Lipinski definition) is 2. The number of nitrogens with zero attached hydrogens (tertiary/aromatic N) is 2. The summed E-state index contributed by atoms with van der Waals surface area (Å²) in [5.41, 5.74) is 12.6. The van der Waals surface area contributed by atoms with Gasteiger partial charge in [-0.3, -0.25) is 0 Å². The van der Waals surface area contributed by atoms with Crippen LogP contribution >= 0.6 is 0 Å². The largest absolute Gasteiger partial charge is 0.399 e. The lowest BCUT2D eigenvalue weighted by atomic mass is 9.85. The molecule has 4 heteroatoms. The highest BCUT2D eigenvalue weighted by Gasteiger charge is 2.17. The topological polar surface area (TPSA) is 58.5 Å². The summed E-state index contributed by atoms with van der Waals surface area (Å²) in [5.74, 6) is 5.99. The SMILES string of the molecule is CCC.CCN(C)c1ccc(C(c2ccc(N)cc2)c2ccc(N(C)N)cc2)cc1. The lowest BCUT2D eigenvalue weighted by Crippen LogP contribution is -2.24. The molecule has 0 radical (unpaired) electrons.